The van der Waals surface area contributed by atoms with Crippen molar-refractivity contribution in [1.29, 1.82) is 0 Å². The summed E-state index contributed by atoms with van der Waals surface area (Å²) in [7, 11) is 0. The van der Waals surface area contributed by atoms with Crippen molar-refractivity contribution in [3.63, 3.8) is 0 Å². The van der Waals surface area contributed by atoms with E-state index in [1.807, 2.05) is 6.07 Å². The highest BCUT2D eigenvalue weighted by molar-refractivity contribution is 14.0. The Morgan fingerprint density at radius 2 is 2.12 bits per heavy atom. The monoisotopic (exact) mass is 449 g/mol. The Balaban J connectivity index is 0.00000288. The molecule has 2 rings (SSSR count). The lowest BCUT2D eigenvalue weighted by Gasteiger charge is -2.55. The van der Waals surface area contributed by atoms with Gasteiger partial charge in [0.05, 0.1) is 18.3 Å². The first-order chi connectivity index (χ1) is 11.2. The maximum atomic E-state index is 5.95. The van der Waals surface area contributed by atoms with Gasteiger partial charge < -0.3 is 15.4 Å². The topological polar surface area (TPSA) is 74.3 Å². The van der Waals surface area contributed by atoms with Gasteiger partial charge in [0.2, 0.25) is 0 Å². The Kier molecular flexibility index (Phi) is 9.04. The summed E-state index contributed by atoms with van der Waals surface area (Å²) < 4.78 is 5.95. The molecule has 24 heavy (non-hydrogen) atoms. The number of halogens is 1. The second-order valence-electron chi connectivity index (χ2n) is 6.09. The van der Waals surface area contributed by atoms with Crippen LogP contribution >= 0.6 is 24.0 Å². The van der Waals surface area contributed by atoms with E-state index in [0.717, 1.165) is 44.1 Å². The Morgan fingerprint density at radius 1 is 1.38 bits per heavy atom. The van der Waals surface area contributed by atoms with Crippen LogP contribution in [0.25, 0.3) is 0 Å². The van der Waals surface area contributed by atoms with Crippen LogP contribution in [0.2, 0.25) is 0 Å². The first-order valence-corrected chi connectivity index (χ1v) is 8.84. The summed E-state index contributed by atoms with van der Waals surface area (Å²) >= 11 is 0. The lowest BCUT2D eigenvalue weighted by atomic mass is 9.58. The summed E-state index contributed by atoms with van der Waals surface area (Å²) in [5.41, 5.74) is 1.22. The molecule has 0 radical (unpaired) electrons. The predicted molar refractivity (Wildman–Crippen MR) is 109 cm³/mol. The number of nitrogens with zero attached hydrogens (tertiary/aromatic N) is 2. The minimum Gasteiger partial charge on any atom is -0.378 e. The van der Waals surface area contributed by atoms with Gasteiger partial charge in [-0.1, -0.05) is 13.8 Å². The van der Waals surface area contributed by atoms with Crippen molar-refractivity contribution in [2.75, 3.05) is 13.2 Å². The zero-order valence-corrected chi connectivity index (χ0v) is 17.6. The van der Waals surface area contributed by atoms with Gasteiger partial charge in [0.1, 0.15) is 0 Å². The third-order valence-corrected chi connectivity index (χ3v) is 5.09. The molecule has 0 aliphatic heterocycles. The van der Waals surface area contributed by atoms with E-state index in [4.69, 9.17) is 4.74 Å². The third kappa shape index (κ3) is 4.62. The highest BCUT2D eigenvalue weighted by Crippen LogP contribution is 2.48. The first-order valence-electron chi connectivity index (χ1n) is 8.84. The number of ether oxygens (including phenoxy) is 1. The molecular formula is C17H32IN5O. The van der Waals surface area contributed by atoms with Crippen LogP contribution in [0.3, 0.4) is 0 Å². The molecule has 138 valence electrons. The summed E-state index contributed by atoms with van der Waals surface area (Å²) in [5.74, 6) is 0.869. The third-order valence-electron chi connectivity index (χ3n) is 5.09. The average Bonchev–Trinajstić information content (AvgIpc) is 3.06. The molecule has 0 spiro atoms. The van der Waals surface area contributed by atoms with Crippen LogP contribution < -0.4 is 10.6 Å². The lowest BCUT2D eigenvalue weighted by Crippen LogP contribution is -2.65. The van der Waals surface area contributed by atoms with Crippen LogP contribution in [0.5, 0.6) is 0 Å². The van der Waals surface area contributed by atoms with Crippen molar-refractivity contribution < 1.29 is 4.74 Å². The molecule has 0 saturated heterocycles. The van der Waals surface area contributed by atoms with Crippen LogP contribution in [0.4, 0.5) is 0 Å². The van der Waals surface area contributed by atoms with E-state index in [1.54, 1.807) is 6.20 Å². The maximum Gasteiger partial charge on any atom is 0.191 e. The molecule has 2 atom stereocenters. The van der Waals surface area contributed by atoms with E-state index in [1.165, 1.54) is 0 Å². The Bertz CT molecular complexity index is 487. The quantitative estimate of drug-likeness (QED) is 0.324. The largest absolute Gasteiger partial charge is 0.378 e. The van der Waals surface area contributed by atoms with Crippen LogP contribution in [-0.4, -0.2) is 41.5 Å². The van der Waals surface area contributed by atoms with Gasteiger partial charge in [-0.05, 0) is 39.2 Å². The molecule has 7 heteroatoms. The van der Waals surface area contributed by atoms with Crippen molar-refractivity contribution >= 4 is 29.9 Å². The number of aromatic nitrogens is 2. The summed E-state index contributed by atoms with van der Waals surface area (Å²) in [6.45, 7) is 10.9. The SMILES string of the molecule is CCNC(=NCc1ccn[nH]1)NC1CC(OCC)C1(CC)CC.I. The number of aliphatic imine (C=N–C) groups is 1. The molecule has 3 N–H and O–H groups in total. The summed E-state index contributed by atoms with van der Waals surface area (Å²) in [6.07, 6.45) is 5.39. The normalized spacial score (nSPS) is 22.4. The summed E-state index contributed by atoms with van der Waals surface area (Å²) in [6, 6.07) is 2.36. The van der Waals surface area contributed by atoms with Crippen molar-refractivity contribution in [3.8, 4) is 0 Å². The molecule has 0 aromatic carbocycles. The molecule has 1 aliphatic carbocycles. The molecule has 0 amide bonds. The molecule has 1 aromatic rings. The van der Waals surface area contributed by atoms with Gasteiger partial charge in [-0.3, -0.25) is 5.10 Å². The predicted octanol–water partition coefficient (Wildman–Crippen LogP) is 3.07. The number of rotatable bonds is 8. The van der Waals surface area contributed by atoms with Gasteiger partial charge in [-0.2, -0.15) is 5.10 Å². The van der Waals surface area contributed by atoms with Crippen molar-refractivity contribution in [1.82, 2.24) is 20.8 Å². The lowest BCUT2D eigenvalue weighted by molar-refractivity contribution is -0.133. The molecule has 1 aliphatic rings. The zero-order chi connectivity index (χ0) is 16.7. The molecule has 6 nitrogen and oxygen atoms in total. The van der Waals surface area contributed by atoms with Crippen LogP contribution in [0.1, 0.15) is 52.7 Å². The maximum absolute atomic E-state index is 5.95. The molecular weight excluding hydrogens is 417 g/mol. The molecule has 0 bridgehead atoms. The van der Waals surface area contributed by atoms with Gasteiger partial charge in [0, 0.05) is 30.8 Å². The number of nitrogens with one attached hydrogen (secondary N) is 3. The number of aromatic amines is 1. The fraction of sp³-hybridized carbons (Fsp3) is 0.765. The van der Waals surface area contributed by atoms with Crippen LogP contribution in [0.15, 0.2) is 17.3 Å². The first kappa shape index (κ1) is 21.2. The van der Waals surface area contributed by atoms with Crippen molar-refractivity contribution in [2.24, 2.45) is 10.4 Å². The van der Waals surface area contributed by atoms with Gasteiger partial charge in [-0.25, -0.2) is 4.99 Å². The molecule has 1 fully saturated rings. The fourth-order valence-electron chi connectivity index (χ4n) is 3.61. The number of hydrogen-bond acceptors (Lipinski definition) is 3. The molecule has 1 aromatic heterocycles. The van der Waals surface area contributed by atoms with Crippen LogP contribution in [-0.2, 0) is 11.3 Å². The standard InChI is InChI=1S/C17H31N5O.HI/c1-5-17(6-2)14(11-15(17)23-8-4)21-16(18-7-3)19-12-13-9-10-20-22-13;/h9-10,14-15H,5-8,11-12H2,1-4H3,(H,20,22)(H2,18,19,21);1H. The van der Waals surface area contributed by atoms with E-state index >= 15 is 0 Å². The zero-order valence-electron chi connectivity index (χ0n) is 15.3. The highest BCUT2D eigenvalue weighted by atomic mass is 127. The van der Waals surface area contributed by atoms with Gasteiger partial charge >= 0.3 is 0 Å². The smallest absolute Gasteiger partial charge is 0.191 e. The molecule has 1 saturated carbocycles. The van der Waals surface area contributed by atoms with Gasteiger partial charge in [-0.15, -0.1) is 24.0 Å². The van der Waals surface area contributed by atoms with E-state index in [2.05, 4.69) is 53.5 Å². The molecule has 2 unspecified atom stereocenters. The van der Waals surface area contributed by atoms with Crippen LogP contribution in [0, 0.1) is 5.41 Å². The van der Waals surface area contributed by atoms with E-state index in [-0.39, 0.29) is 29.4 Å². The summed E-state index contributed by atoms with van der Waals surface area (Å²) in [4.78, 5) is 4.67. The van der Waals surface area contributed by atoms with E-state index in [9.17, 15) is 0 Å². The fourth-order valence-corrected chi connectivity index (χ4v) is 3.61. The minimum atomic E-state index is 0. The van der Waals surface area contributed by atoms with Crippen molar-refractivity contribution in [3.05, 3.63) is 18.0 Å². The Morgan fingerprint density at radius 3 is 2.67 bits per heavy atom. The Hall–Kier alpha value is -0.830. The van der Waals surface area contributed by atoms with Gasteiger partial charge in [0.15, 0.2) is 5.96 Å². The summed E-state index contributed by atoms with van der Waals surface area (Å²) in [5, 5.41) is 13.9. The number of guanidine groups is 1. The number of H-pyrrole nitrogens is 1. The number of hydrogen-bond donors (Lipinski definition) is 3. The average molecular weight is 449 g/mol. The van der Waals surface area contributed by atoms with Gasteiger partial charge in [0.25, 0.3) is 0 Å². The second kappa shape index (κ2) is 10.2. The van der Waals surface area contributed by atoms with E-state index in [0.29, 0.717) is 18.7 Å². The molecule has 1 heterocycles. The minimum absolute atomic E-state index is 0. The highest BCUT2D eigenvalue weighted by Gasteiger charge is 2.53. The van der Waals surface area contributed by atoms with E-state index < -0.39 is 0 Å². The van der Waals surface area contributed by atoms with Crippen molar-refractivity contribution in [2.45, 2.75) is 65.6 Å². The second-order valence-corrected chi connectivity index (χ2v) is 6.09. The Labute approximate surface area is 162 Å².